The van der Waals surface area contributed by atoms with Crippen LogP contribution in [-0.2, 0) is 10.8 Å². The molecule has 2 aromatic rings. The normalized spacial score (nSPS) is 18.8. The van der Waals surface area contributed by atoms with E-state index in [9.17, 15) is 0 Å². The molecule has 0 saturated carbocycles. The van der Waals surface area contributed by atoms with E-state index in [0.717, 1.165) is 36.0 Å². The Morgan fingerprint density at radius 3 is 1.40 bits per heavy atom. The number of fused-ring (bicyclic) bond motifs is 2. The summed E-state index contributed by atoms with van der Waals surface area (Å²) in [6, 6.07) is 12.6. The van der Waals surface area contributed by atoms with E-state index in [1.165, 1.54) is 33.9 Å². The Labute approximate surface area is 190 Å². The molecule has 0 fully saturated rings. The monoisotopic (exact) mass is 442 g/mol. The lowest BCUT2D eigenvalue weighted by Crippen LogP contribution is -2.27. The molecule has 0 aromatic heterocycles. The van der Waals surface area contributed by atoms with Crippen LogP contribution in [0.25, 0.3) is 0 Å². The Morgan fingerprint density at radius 2 is 1.03 bits per heavy atom. The molecule has 2 aromatic carbocycles. The third kappa shape index (κ3) is 3.33. The van der Waals surface area contributed by atoms with Crippen LogP contribution < -0.4 is 0 Å². The van der Waals surface area contributed by atoms with E-state index >= 15 is 0 Å². The smallest absolute Gasteiger partial charge is 0.199 e. The van der Waals surface area contributed by atoms with Crippen molar-refractivity contribution < 1.29 is 9.15 Å². The van der Waals surface area contributed by atoms with Gasteiger partial charge in [0.15, 0.2) is 11.4 Å². The second-order valence-electron chi connectivity index (χ2n) is 9.75. The predicted molar refractivity (Wildman–Crippen MR) is 129 cm³/mol. The van der Waals surface area contributed by atoms with E-state index in [-0.39, 0.29) is 10.8 Å². The first kappa shape index (κ1) is 21.6. The van der Waals surface area contributed by atoms with E-state index in [1.807, 2.05) is 12.1 Å². The molecule has 30 heavy (non-hydrogen) atoms. The number of nitrogens with zero attached hydrogens (tertiary/aromatic N) is 2. The van der Waals surface area contributed by atoms with Gasteiger partial charge in [0.2, 0.25) is 11.4 Å². The number of hydrogen-bond donors (Lipinski definition) is 0. The van der Waals surface area contributed by atoms with Crippen LogP contribution in [0.3, 0.4) is 0 Å². The van der Waals surface area contributed by atoms with Crippen molar-refractivity contribution in [2.24, 2.45) is 0 Å². The maximum atomic E-state index is 6.32. The summed E-state index contributed by atoms with van der Waals surface area (Å²) in [7, 11) is 0. The topological polar surface area (TPSA) is 6.02 Å². The maximum Gasteiger partial charge on any atom is 0.210 e. The van der Waals surface area contributed by atoms with Gasteiger partial charge in [-0.1, -0.05) is 23.2 Å². The second kappa shape index (κ2) is 7.50. The predicted octanol–water partition coefficient (Wildman–Crippen LogP) is 7.27. The summed E-state index contributed by atoms with van der Waals surface area (Å²) in [5.74, 6) is 0. The lowest BCUT2D eigenvalue weighted by Gasteiger charge is -2.14. The van der Waals surface area contributed by atoms with E-state index in [4.69, 9.17) is 23.2 Å². The molecular weight excluding hydrogens is 411 g/mol. The van der Waals surface area contributed by atoms with Crippen LogP contribution in [0.4, 0.5) is 11.4 Å². The highest BCUT2D eigenvalue weighted by Crippen LogP contribution is 2.42. The molecule has 2 aliphatic rings. The Kier molecular flexibility index (Phi) is 5.39. The molecule has 2 aliphatic heterocycles. The Morgan fingerprint density at radius 1 is 0.667 bits per heavy atom. The molecule has 158 valence electrons. The summed E-state index contributed by atoms with van der Waals surface area (Å²) in [5, 5.41) is 1.62. The molecule has 4 rings (SSSR count). The van der Waals surface area contributed by atoms with E-state index in [2.05, 4.69) is 75.0 Å². The molecular formula is C26H32Cl2N2+2. The van der Waals surface area contributed by atoms with E-state index < -0.39 is 0 Å². The summed E-state index contributed by atoms with van der Waals surface area (Å²) in [6.45, 7) is 15.8. The average Bonchev–Trinajstić information content (AvgIpc) is 2.98. The number of rotatable bonds is 5. The summed E-state index contributed by atoms with van der Waals surface area (Å²) >= 11 is 12.6. The fourth-order valence-electron chi connectivity index (χ4n) is 5.06. The quantitative estimate of drug-likeness (QED) is 0.339. The zero-order chi connectivity index (χ0) is 21.8. The SMILES string of the molecule is CC1=[N+](CCCC[N+]2=C(C)C(C)(C)c3ccc(Cl)cc32)c2cc(Cl)ccc2C1(C)C. The van der Waals surface area contributed by atoms with Crippen molar-refractivity contribution in [2.45, 2.75) is 65.2 Å². The van der Waals surface area contributed by atoms with Crippen molar-refractivity contribution in [1.82, 2.24) is 0 Å². The highest BCUT2D eigenvalue weighted by Gasteiger charge is 2.44. The zero-order valence-corrected chi connectivity index (χ0v) is 20.5. The largest absolute Gasteiger partial charge is 0.210 e. The first-order valence-electron chi connectivity index (χ1n) is 10.9. The molecule has 0 saturated heterocycles. The Bertz CT molecular complexity index is 1000. The minimum Gasteiger partial charge on any atom is -0.199 e. The van der Waals surface area contributed by atoms with Crippen LogP contribution in [0.2, 0.25) is 10.0 Å². The minimum absolute atomic E-state index is 0.0545. The Hall–Kier alpha value is -1.64. The molecule has 0 atom stereocenters. The van der Waals surface area contributed by atoms with Gasteiger partial charge in [-0.3, -0.25) is 0 Å². The fourth-order valence-corrected chi connectivity index (χ4v) is 5.39. The summed E-state index contributed by atoms with van der Waals surface area (Å²) < 4.78 is 4.94. The van der Waals surface area contributed by atoms with Crippen molar-refractivity contribution in [3.63, 3.8) is 0 Å². The van der Waals surface area contributed by atoms with Gasteiger partial charge in [0.1, 0.15) is 13.1 Å². The highest BCUT2D eigenvalue weighted by atomic mass is 35.5. The first-order chi connectivity index (χ1) is 14.0. The van der Waals surface area contributed by atoms with Crippen molar-refractivity contribution in [3.8, 4) is 0 Å². The maximum absolute atomic E-state index is 6.32. The van der Waals surface area contributed by atoms with Gasteiger partial charge < -0.3 is 0 Å². The third-order valence-corrected chi connectivity index (χ3v) is 7.95. The molecule has 4 heteroatoms. The van der Waals surface area contributed by atoms with E-state index in [1.54, 1.807) is 0 Å². The van der Waals surface area contributed by atoms with Gasteiger partial charge >= 0.3 is 0 Å². The number of halogens is 2. The first-order valence-corrected chi connectivity index (χ1v) is 11.6. The molecule has 0 amide bonds. The highest BCUT2D eigenvalue weighted by molar-refractivity contribution is 6.31. The molecule has 2 nitrogen and oxygen atoms in total. The van der Waals surface area contributed by atoms with Crippen LogP contribution in [-0.4, -0.2) is 33.7 Å². The second-order valence-corrected chi connectivity index (χ2v) is 10.6. The van der Waals surface area contributed by atoms with Crippen LogP contribution >= 0.6 is 23.2 Å². The van der Waals surface area contributed by atoms with Gasteiger partial charge in [-0.05, 0) is 52.0 Å². The molecule has 0 spiro atoms. The lowest BCUT2D eigenvalue weighted by atomic mass is 9.82. The van der Waals surface area contributed by atoms with Crippen LogP contribution in [0.15, 0.2) is 36.4 Å². The average molecular weight is 443 g/mol. The molecule has 0 aliphatic carbocycles. The molecule has 0 N–H and O–H groups in total. The van der Waals surface area contributed by atoms with Crippen LogP contribution in [0.5, 0.6) is 0 Å². The van der Waals surface area contributed by atoms with Gasteiger partial charge in [0.05, 0.1) is 10.8 Å². The molecule has 0 unspecified atom stereocenters. The molecule has 0 bridgehead atoms. The van der Waals surface area contributed by atoms with Crippen LogP contribution in [0.1, 0.15) is 65.5 Å². The third-order valence-electron chi connectivity index (χ3n) is 7.48. The van der Waals surface area contributed by atoms with Crippen molar-refractivity contribution in [3.05, 3.63) is 57.6 Å². The molecule has 0 radical (unpaired) electrons. The molecule has 2 heterocycles. The van der Waals surface area contributed by atoms with Crippen molar-refractivity contribution in [1.29, 1.82) is 0 Å². The van der Waals surface area contributed by atoms with Gasteiger partial charge in [-0.25, -0.2) is 0 Å². The number of benzene rings is 2. The van der Waals surface area contributed by atoms with Crippen molar-refractivity contribution >= 4 is 46.0 Å². The minimum atomic E-state index is 0.0545. The summed E-state index contributed by atoms with van der Waals surface area (Å²) in [6.07, 6.45) is 2.25. The lowest BCUT2D eigenvalue weighted by molar-refractivity contribution is -0.452. The fraction of sp³-hybridized carbons (Fsp3) is 0.462. The van der Waals surface area contributed by atoms with Gasteiger partial charge in [0, 0.05) is 60.0 Å². The summed E-state index contributed by atoms with van der Waals surface area (Å²) in [4.78, 5) is 0. The standard InChI is InChI=1S/C26H32Cl2N2/c1-17-25(3,4)21-11-9-19(27)15-23(21)29(17)13-7-8-14-30-18(2)26(5,6)22-12-10-20(28)16-24(22)30/h9-12,15-16H,7-8,13-14H2,1-6H3/q+2. The number of hydrogen-bond acceptors (Lipinski definition) is 0. The summed E-state index contributed by atoms with van der Waals surface area (Å²) in [5.41, 5.74) is 8.21. The van der Waals surface area contributed by atoms with Gasteiger partial charge in [0.25, 0.3) is 0 Å². The van der Waals surface area contributed by atoms with Gasteiger partial charge in [-0.15, -0.1) is 0 Å². The van der Waals surface area contributed by atoms with Crippen LogP contribution in [0, 0.1) is 0 Å². The Balaban J connectivity index is 1.51. The van der Waals surface area contributed by atoms with Gasteiger partial charge in [-0.2, -0.15) is 9.15 Å². The number of unbranched alkanes of at least 4 members (excludes halogenated alkanes) is 1. The van der Waals surface area contributed by atoms with E-state index in [0.29, 0.717) is 0 Å². The zero-order valence-electron chi connectivity index (χ0n) is 18.9. The van der Waals surface area contributed by atoms with Crippen molar-refractivity contribution in [2.75, 3.05) is 13.1 Å².